The fourth-order valence-corrected chi connectivity index (χ4v) is 3.46. The van der Waals surface area contributed by atoms with Crippen molar-refractivity contribution in [3.05, 3.63) is 52.0 Å². The standard InChI is InChI=1S/C18H15Cl2N3O3S/c1-3-26-15-13(19)8-11(9-14(15)20)17(24)22-18-21-16(23-27-18)10-4-6-12(25-2)7-5-10/h4-9H,3H2,1-2H3,(H,21,22,23,24). The maximum Gasteiger partial charge on any atom is 0.257 e. The minimum atomic E-state index is -0.390. The highest BCUT2D eigenvalue weighted by atomic mass is 35.5. The van der Waals surface area contributed by atoms with Crippen molar-refractivity contribution in [1.29, 1.82) is 0 Å². The number of rotatable bonds is 6. The third-order valence-corrected chi connectivity index (χ3v) is 4.74. The van der Waals surface area contributed by atoms with Crippen LogP contribution in [0.4, 0.5) is 5.13 Å². The van der Waals surface area contributed by atoms with E-state index in [4.69, 9.17) is 32.7 Å². The molecule has 0 unspecified atom stereocenters. The van der Waals surface area contributed by atoms with Crippen LogP contribution in [-0.4, -0.2) is 29.0 Å². The lowest BCUT2D eigenvalue weighted by atomic mass is 10.2. The van der Waals surface area contributed by atoms with Gasteiger partial charge in [0, 0.05) is 22.7 Å². The van der Waals surface area contributed by atoms with Crippen molar-refractivity contribution in [1.82, 2.24) is 9.36 Å². The molecule has 1 amide bonds. The summed E-state index contributed by atoms with van der Waals surface area (Å²) in [6.45, 7) is 2.24. The molecule has 3 rings (SSSR count). The van der Waals surface area contributed by atoms with E-state index in [1.54, 1.807) is 7.11 Å². The van der Waals surface area contributed by atoms with Crippen molar-refractivity contribution in [3.8, 4) is 22.9 Å². The molecule has 0 aliphatic heterocycles. The second-order valence-electron chi connectivity index (χ2n) is 5.31. The molecule has 9 heteroatoms. The van der Waals surface area contributed by atoms with Gasteiger partial charge in [0.05, 0.1) is 23.8 Å². The molecule has 0 fully saturated rings. The maximum absolute atomic E-state index is 12.5. The molecule has 0 saturated heterocycles. The van der Waals surface area contributed by atoms with Crippen LogP contribution in [0.15, 0.2) is 36.4 Å². The molecule has 1 N–H and O–H groups in total. The Hall–Kier alpha value is -2.35. The van der Waals surface area contributed by atoms with Crippen LogP contribution in [-0.2, 0) is 0 Å². The normalized spacial score (nSPS) is 10.5. The van der Waals surface area contributed by atoms with E-state index in [9.17, 15) is 4.79 Å². The fraction of sp³-hybridized carbons (Fsp3) is 0.167. The van der Waals surface area contributed by atoms with Gasteiger partial charge in [0.15, 0.2) is 11.6 Å². The van der Waals surface area contributed by atoms with E-state index >= 15 is 0 Å². The molecule has 0 radical (unpaired) electrons. The summed E-state index contributed by atoms with van der Waals surface area (Å²) in [4.78, 5) is 16.8. The van der Waals surface area contributed by atoms with E-state index in [2.05, 4.69) is 14.7 Å². The highest BCUT2D eigenvalue weighted by Crippen LogP contribution is 2.34. The average Bonchev–Trinajstić information content (AvgIpc) is 3.13. The lowest BCUT2D eigenvalue weighted by Gasteiger charge is -2.10. The monoisotopic (exact) mass is 423 g/mol. The number of benzene rings is 2. The van der Waals surface area contributed by atoms with Crippen LogP contribution in [0.25, 0.3) is 11.4 Å². The van der Waals surface area contributed by atoms with E-state index in [0.29, 0.717) is 28.9 Å². The fourth-order valence-electron chi connectivity index (χ4n) is 2.27. The topological polar surface area (TPSA) is 73.3 Å². The number of nitrogens with zero attached hydrogens (tertiary/aromatic N) is 2. The number of anilines is 1. The first kappa shape index (κ1) is 19.4. The largest absolute Gasteiger partial charge is 0.497 e. The third-order valence-electron chi connectivity index (χ3n) is 3.54. The van der Waals surface area contributed by atoms with Crippen LogP contribution in [0.2, 0.25) is 10.0 Å². The first-order valence-electron chi connectivity index (χ1n) is 7.93. The van der Waals surface area contributed by atoms with Gasteiger partial charge < -0.3 is 9.47 Å². The molecule has 0 spiro atoms. The summed E-state index contributed by atoms with van der Waals surface area (Å²) < 4.78 is 14.8. The summed E-state index contributed by atoms with van der Waals surface area (Å²) in [6.07, 6.45) is 0. The molecule has 3 aromatic rings. The van der Waals surface area contributed by atoms with Gasteiger partial charge >= 0.3 is 0 Å². The summed E-state index contributed by atoms with van der Waals surface area (Å²) in [5, 5.41) is 3.61. The number of amides is 1. The smallest absolute Gasteiger partial charge is 0.257 e. The zero-order valence-electron chi connectivity index (χ0n) is 14.5. The number of hydrogen-bond acceptors (Lipinski definition) is 6. The second-order valence-corrected chi connectivity index (χ2v) is 6.87. The lowest BCUT2D eigenvalue weighted by Crippen LogP contribution is -2.12. The molecular weight excluding hydrogens is 409 g/mol. The zero-order valence-corrected chi connectivity index (χ0v) is 16.8. The van der Waals surface area contributed by atoms with Crippen molar-refractivity contribution < 1.29 is 14.3 Å². The highest BCUT2D eigenvalue weighted by Gasteiger charge is 2.16. The van der Waals surface area contributed by atoms with Crippen molar-refractivity contribution in [3.63, 3.8) is 0 Å². The second kappa shape index (κ2) is 8.56. The Balaban J connectivity index is 1.76. The number of methoxy groups -OCH3 is 1. The first-order valence-corrected chi connectivity index (χ1v) is 9.46. The predicted octanol–water partition coefficient (Wildman–Crippen LogP) is 5.17. The van der Waals surface area contributed by atoms with Gasteiger partial charge in [-0.05, 0) is 43.3 Å². The van der Waals surface area contributed by atoms with Crippen LogP contribution in [0.5, 0.6) is 11.5 Å². The van der Waals surface area contributed by atoms with Crippen molar-refractivity contribution in [2.75, 3.05) is 19.0 Å². The number of aromatic nitrogens is 2. The van der Waals surface area contributed by atoms with Gasteiger partial charge in [-0.25, -0.2) is 0 Å². The minimum Gasteiger partial charge on any atom is -0.497 e. The molecule has 1 heterocycles. The van der Waals surface area contributed by atoms with Gasteiger partial charge in [-0.15, -0.1) is 0 Å². The van der Waals surface area contributed by atoms with Gasteiger partial charge in [-0.2, -0.15) is 9.36 Å². The van der Waals surface area contributed by atoms with E-state index in [1.165, 1.54) is 12.1 Å². The van der Waals surface area contributed by atoms with Crippen LogP contribution in [0.3, 0.4) is 0 Å². The van der Waals surface area contributed by atoms with E-state index < -0.39 is 0 Å². The number of carbonyl (C=O) groups is 1. The zero-order chi connectivity index (χ0) is 19.4. The summed E-state index contributed by atoms with van der Waals surface area (Å²) in [6, 6.07) is 10.3. The molecule has 0 aliphatic carbocycles. The van der Waals surface area contributed by atoms with E-state index in [0.717, 1.165) is 22.8 Å². The maximum atomic E-state index is 12.5. The molecule has 0 bridgehead atoms. The van der Waals surface area contributed by atoms with E-state index in [-0.39, 0.29) is 16.0 Å². The molecule has 0 saturated carbocycles. The Labute approximate surface area is 170 Å². The SMILES string of the molecule is CCOc1c(Cl)cc(C(=O)Nc2nc(-c3ccc(OC)cc3)ns2)cc1Cl. The number of halogens is 2. The Morgan fingerprint density at radius 3 is 2.44 bits per heavy atom. The predicted molar refractivity (Wildman–Crippen MR) is 107 cm³/mol. The van der Waals surface area contributed by atoms with E-state index in [1.807, 2.05) is 31.2 Å². The molecule has 27 heavy (non-hydrogen) atoms. The van der Waals surface area contributed by atoms with Crippen LogP contribution in [0.1, 0.15) is 17.3 Å². The summed E-state index contributed by atoms with van der Waals surface area (Å²) in [5.41, 5.74) is 1.12. The molecule has 1 aromatic heterocycles. The van der Waals surface area contributed by atoms with Crippen molar-refractivity contribution >= 4 is 45.8 Å². The Morgan fingerprint density at radius 1 is 1.19 bits per heavy atom. The third kappa shape index (κ3) is 4.50. The Bertz CT molecular complexity index is 938. The average molecular weight is 424 g/mol. The number of nitrogens with one attached hydrogen (secondary N) is 1. The quantitative estimate of drug-likeness (QED) is 0.591. The van der Waals surface area contributed by atoms with Gasteiger partial charge in [0.1, 0.15) is 5.75 Å². The molecular formula is C18H15Cl2N3O3S. The Kier molecular flexibility index (Phi) is 6.15. The van der Waals surface area contributed by atoms with Gasteiger partial charge in [0.25, 0.3) is 5.91 Å². The van der Waals surface area contributed by atoms with Crippen molar-refractivity contribution in [2.24, 2.45) is 0 Å². The summed E-state index contributed by atoms with van der Waals surface area (Å²) in [7, 11) is 1.60. The summed E-state index contributed by atoms with van der Waals surface area (Å²) >= 11 is 13.4. The number of ether oxygens (including phenoxy) is 2. The van der Waals surface area contributed by atoms with Crippen molar-refractivity contribution in [2.45, 2.75) is 6.92 Å². The molecule has 2 aromatic carbocycles. The summed E-state index contributed by atoms with van der Waals surface area (Å²) in [5.74, 6) is 1.22. The van der Waals surface area contributed by atoms with Crippen LogP contribution < -0.4 is 14.8 Å². The highest BCUT2D eigenvalue weighted by molar-refractivity contribution is 7.10. The molecule has 6 nitrogen and oxygen atoms in total. The number of carbonyl (C=O) groups excluding carboxylic acids is 1. The number of hydrogen-bond donors (Lipinski definition) is 1. The van der Waals surface area contributed by atoms with Crippen LogP contribution in [0, 0.1) is 0 Å². The lowest BCUT2D eigenvalue weighted by molar-refractivity contribution is 0.102. The van der Waals surface area contributed by atoms with Crippen LogP contribution >= 0.6 is 34.7 Å². The molecule has 0 atom stereocenters. The molecule has 0 aliphatic rings. The van der Waals surface area contributed by atoms with Gasteiger partial charge in [0.2, 0.25) is 5.13 Å². The van der Waals surface area contributed by atoms with Gasteiger partial charge in [-0.1, -0.05) is 23.2 Å². The van der Waals surface area contributed by atoms with Gasteiger partial charge in [-0.3, -0.25) is 10.1 Å². The molecule has 140 valence electrons. The minimum absolute atomic E-state index is 0.269. The Morgan fingerprint density at radius 2 is 1.85 bits per heavy atom. The first-order chi connectivity index (χ1) is 13.0.